The molecule has 0 saturated carbocycles. The molecule has 0 aliphatic rings. The summed E-state index contributed by atoms with van der Waals surface area (Å²) in [4.78, 5) is 25.7. The summed E-state index contributed by atoms with van der Waals surface area (Å²) in [5.74, 6) is 0.305. The highest BCUT2D eigenvalue weighted by Crippen LogP contribution is 2.28. The second-order valence-corrected chi connectivity index (χ2v) is 10.1. The molecule has 40 heavy (non-hydrogen) atoms. The standard InChI is InChI=1S/C33H36N2O5/c1-21(2)11-12-25-19-27(13-15-29(25)36)32(37)35-28-20-26-14-16-30(22(3)31(26)40-33(28)38)39-18-8-17-34-23(4)24-9-6-5-7-10-24/h5-7,9-11,13-16,19-20,23,34,36H,8,12,17-18H2,1-4H3,(H,35,37)/t23-/m1/s1. The first-order chi connectivity index (χ1) is 19.2. The van der Waals surface area contributed by atoms with Crippen LogP contribution in [0.2, 0.25) is 0 Å². The lowest BCUT2D eigenvalue weighted by Gasteiger charge is -2.15. The number of anilines is 1. The van der Waals surface area contributed by atoms with Crippen molar-refractivity contribution in [3.8, 4) is 11.5 Å². The number of phenolic OH excluding ortho intramolecular Hbond substituents is 1. The van der Waals surface area contributed by atoms with Gasteiger partial charge in [-0.1, -0.05) is 42.0 Å². The molecule has 0 radical (unpaired) electrons. The lowest BCUT2D eigenvalue weighted by Crippen LogP contribution is -2.21. The molecule has 1 amide bonds. The molecule has 0 aliphatic heterocycles. The number of aryl methyl sites for hydroxylation is 1. The van der Waals surface area contributed by atoms with Crippen LogP contribution >= 0.6 is 0 Å². The number of nitrogens with one attached hydrogen (secondary N) is 2. The van der Waals surface area contributed by atoms with Crippen molar-refractivity contribution in [3.63, 3.8) is 0 Å². The lowest BCUT2D eigenvalue weighted by molar-refractivity contribution is 0.102. The third-order valence-corrected chi connectivity index (χ3v) is 6.75. The van der Waals surface area contributed by atoms with Crippen molar-refractivity contribution in [2.45, 2.75) is 46.6 Å². The van der Waals surface area contributed by atoms with Gasteiger partial charge in [0.15, 0.2) is 0 Å². The Kier molecular flexibility index (Phi) is 9.40. The van der Waals surface area contributed by atoms with Gasteiger partial charge in [-0.2, -0.15) is 0 Å². The quantitative estimate of drug-likeness (QED) is 0.111. The van der Waals surface area contributed by atoms with Crippen molar-refractivity contribution in [2.24, 2.45) is 0 Å². The van der Waals surface area contributed by atoms with Gasteiger partial charge in [-0.3, -0.25) is 4.79 Å². The summed E-state index contributed by atoms with van der Waals surface area (Å²) in [5.41, 5.74) is 3.85. The van der Waals surface area contributed by atoms with Gasteiger partial charge in [0.25, 0.3) is 5.91 Å². The number of hydrogen-bond donors (Lipinski definition) is 3. The number of rotatable bonds is 11. The molecule has 0 fully saturated rings. The molecule has 0 spiro atoms. The van der Waals surface area contributed by atoms with Gasteiger partial charge in [0.05, 0.1) is 6.61 Å². The normalized spacial score (nSPS) is 11.7. The number of ether oxygens (including phenoxy) is 1. The Hall–Kier alpha value is -4.36. The predicted octanol–water partition coefficient (Wildman–Crippen LogP) is 6.69. The van der Waals surface area contributed by atoms with E-state index < -0.39 is 11.5 Å². The van der Waals surface area contributed by atoms with Crippen molar-refractivity contribution < 1.29 is 19.1 Å². The largest absolute Gasteiger partial charge is 0.508 e. The van der Waals surface area contributed by atoms with Gasteiger partial charge in [0.2, 0.25) is 0 Å². The van der Waals surface area contributed by atoms with E-state index in [1.807, 2.05) is 57.2 Å². The van der Waals surface area contributed by atoms with Crippen LogP contribution in [0.5, 0.6) is 11.5 Å². The van der Waals surface area contributed by atoms with Crippen molar-refractivity contribution >= 4 is 22.6 Å². The highest BCUT2D eigenvalue weighted by atomic mass is 16.5. The number of carbonyl (C=O) groups is 1. The van der Waals surface area contributed by atoms with Gasteiger partial charge >= 0.3 is 5.63 Å². The molecule has 0 bridgehead atoms. The number of fused-ring (bicyclic) bond motifs is 1. The van der Waals surface area contributed by atoms with Crippen LogP contribution in [-0.4, -0.2) is 24.2 Å². The average Bonchev–Trinajstić information content (AvgIpc) is 2.94. The van der Waals surface area contributed by atoms with Crippen LogP contribution in [0.4, 0.5) is 5.69 Å². The SMILES string of the molecule is CC(C)=CCc1cc(C(=O)Nc2cc3ccc(OCCCN[C@H](C)c4ccccc4)c(C)c3oc2=O)ccc1O. The smallest absolute Gasteiger partial charge is 0.360 e. The Bertz CT molecular complexity index is 1570. The molecular formula is C33H36N2O5. The summed E-state index contributed by atoms with van der Waals surface area (Å²) < 4.78 is 11.6. The fourth-order valence-electron chi connectivity index (χ4n) is 4.38. The molecular weight excluding hydrogens is 504 g/mol. The van der Waals surface area contributed by atoms with E-state index in [0.29, 0.717) is 40.9 Å². The Morgan fingerprint density at radius 1 is 1.07 bits per heavy atom. The number of phenols is 1. The Morgan fingerprint density at radius 2 is 1.85 bits per heavy atom. The van der Waals surface area contributed by atoms with Gasteiger partial charge in [0.1, 0.15) is 22.8 Å². The summed E-state index contributed by atoms with van der Waals surface area (Å²) >= 11 is 0. The number of amides is 1. The minimum absolute atomic E-state index is 0.0445. The van der Waals surface area contributed by atoms with E-state index in [0.717, 1.165) is 24.1 Å². The van der Waals surface area contributed by atoms with E-state index in [9.17, 15) is 14.7 Å². The zero-order chi connectivity index (χ0) is 28.6. The third kappa shape index (κ3) is 7.18. The number of carbonyl (C=O) groups excluding carboxylic acids is 1. The molecule has 1 aromatic heterocycles. The van der Waals surface area contributed by atoms with Crippen molar-refractivity contribution in [1.82, 2.24) is 5.32 Å². The van der Waals surface area contributed by atoms with E-state index in [2.05, 4.69) is 29.7 Å². The van der Waals surface area contributed by atoms with E-state index in [1.165, 1.54) is 17.7 Å². The highest BCUT2D eigenvalue weighted by Gasteiger charge is 2.15. The molecule has 3 N–H and O–H groups in total. The molecule has 4 aromatic rings. The van der Waals surface area contributed by atoms with Crippen molar-refractivity contribution in [2.75, 3.05) is 18.5 Å². The van der Waals surface area contributed by atoms with Gasteiger partial charge in [-0.25, -0.2) is 4.79 Å². The van der Waals surface area contributed by atoms with E-state index in [1.54, 1.807) is 12.1 Å². The highest BCUT2D eigenvalue weighted by molar-refractivity contribution is 6.05. The topological polar surface area (TPSA) is 101 Å². The molecule has 3 aromatic carbocycles. The molecule has 0 saturated heterocycles. The van der Waals surface area contributed by atoms with Crippen LogP contribution < -0.4 is 21.0 Å². The van der Waals surface area contributed by atoms with Gasteiger partial charge in [-0.05, 0) is 94.6 Å². The van der Waals surface area contributed by atoms with Gasteiger partial charge in [0, 0.05) is 22.6 Å². The molecule has 1 atom stereocenters. The minimum Gasteiger partial charge on any atom is -0.508 e. The van der Waals surface area contributed by atoms with Gasteiger partial charge < -0.3 is 24.9 Å². The first-order valence-corrected chi connectivity index (χ1v) is 13.5. The minimum atomic E-state index is -0.649. The fourth-order valence-corrected chi connectivity index (χ4v) is 4.38. The van der Waals surface area contributed by atoms with E-state index >= 15 is 0 Å². The van der Waals surface area contributed by atoms with Crippen LogP contribution in [0, 0.1) is 6.92 Å². The monoisotopic (exact) mass is 540 g/mol. The Balaban J connectivity index is 1.39. The van der Waals surface area contributed by atoms with Crippen molar-refractivity contribution in [3.05, 3.63) is 111 Å². The lowest BCUT2D eigenvalue weighted by atomic mass is 10.0. The number of hydrogen-bond acceptors (Lipinski definition) is 6. The second kappa shape index (κ2) is 13.1. The van der Waals surface area contributed by atoms with E-state index in [4.69, 9.17) is 9.15 Å². The first kappa shape index (κ1) is 28.6. The maximum atomic E-state index is 12.9. The maximum Gasteiger partial charge on any atom is 0.360 e. The average molecular weight is 541 g/mol. The van der Waals surface area contributed by atoms with E-state index in [-0.39, 0.29) is 17.5 Å². The zero-order valence-electron chi connectivity index (χ0n) is 23.4. The summed E-state index contributed by atoms with van der Waals surface area (Å²) in [6, 6.07) is 20.4. The first-order valence-electron chi connectivity index (χ1n) is 13.5. The second-order valence-electron chi connectivity index (χ2n) is 10.1. The number of allylic oxidation sites excluding steroid dienone is 2. The van der Waals surface area contributed by atoms with Gasteiger partial charge in [-0.15, -0.1) is 0 Å². The summed E-state index contributed by atoms with van der Waals surface area (Å²) in [7, 11) is 0. The summed E-state index contributed by atoms with van der Waals surface area (Å²) in [5, 5.41) is 17.0. The molecule has 0 unspecified atom stereocenters. The van der Waals surface area contributed by atoms with Crippen LogP contribution in [0.3, 0.4) is 0 Å². The fraction of sp³-hybridized carbons (Fsp3) is 0.273. The number of aromatic hydroxyl groups is 1. The molecule has 7 nitrogen and oxygen atoms in total. The summed E-state index contributed by atoms with van der Waals surface area (Å²) in [6.07, 6.45) is 3.29. The maximum absolute atomic E-state index is 12.9. The summed E-state index contributed by atoms with van der Waals surface area (Å²) in [6.45, 7) is 9.24. The molecule has 7 heteroatoms. The number of benzene rings is 3. The van der Waals surface area contributed by atoms with Crippen LogP contribution in [0.1, 0.15) is 60.3 Å². The van der Waals surface area contributed by atoms with Crippen LogP contribution in [0.15, 0.2) is 87.6 Å². The Labute approximate surface area is 234 Å². The molecule has 1 heterocycles. The zero-order valence-corrected chi connectivity index (χ0v) is 23.4. The third-order valence-electron chi connectivity index (χ3n) is 6.75. The van der Waals surface area contributed by atoms with Crippen LogP contribution in [0.25, 0.3) is 11.0 Å². The molecule has 208 valence electrons. The predicted molar refractivity (Wildman–Crippen MR) is 159 cm³/mol. The van der Waals surface area contributed by atoms with Crippen molar-refractivity contribution in [1.29, 1.82) is 0 Å². The molecule has 4 rings (SSSR count). The Morgan fingerprint density at radius 3 is 2.60 bits per heavy atom. The molecule has 0 aliphatic carbocycles. The van der Waals surface area contributed by atoms with Crippen LogP contribution in [-0.2, 0) is 6.42 Å².